The van der Waals surface area contributed by atoms with E-state index < -0.39 is 0 Å². The van der Waals surface area contributed by atoms with E-state index in [0.29, 0.717) is 31.3 Å². The fourth-order valence-electron chi connectivity index (χ4n) is 5.04. The third-order valence-electron chi connectivity index (χ3n) is 7.02. The van der Waals surface area contributed by atoms with Gasteiger partial charge in [-0.2, -0.15) is 9.55 Å². The molecule has 0 amide bonds. The number of aryl methyl sites for hydroxylation is 3. The third kappa shape index (κ3) is 4.98. The minimum absolute atomic E-state index is 0.0321. The van der Waals surface area contributed by atoms with E-state index in [1.807, 2.05) is 69.4 Å². The minimum Gasteiger partial charge on any atom is -0.506 e. The predicted octanol–water partition coefficient (Wildman–Crippen LogP) is 4.10. The Balaban J connectivity index is 1.23. The first-order valence-electron chi connectivity index (χ1n) is 13.0. The summed E-state index contributed by atoms with van der Waals surface area (Å²) in [7, 11) is 0. The maximum absolute atomic E-state index is 10.5. The van der Waals surface area contributed by atoms with Crippen LogP contribution in [0.5, 0.6) is 11.8 Å². The van der Waals surface area contributed by atoms with Gasteiger partial charge in [0.25, 0.3) is 6.01 Å². The number of fused-ring (bicyclic) bond motifs is 2. The van der Waals surface area contributed by atoms with Gasteiger partial charge in [0, 0.05) is 23.9 Å². The first kappa shape index (κ1) is 24.4. The minimum atomic E-state index is 0.0321. The molecule has 0 bridgehead atoms. The Hall–Kier alpha value is -4.92. The van der Waals surface area contributed by atoms with Crippen LogP contribution in [-0.2, 0) is 26.1 Å². The Morgan fingerprint density at radius 2 is 1.69 bits per heavy atom. The highest BCUT2D eigenvalue weighted by atomic mass is 16.3. The summed E-state index contributed by atoms with van der Waals surface area (Å²) >= 11 is 0. The smallest absolute Gasteiger partial charge is 0.295 e. The summed E-state index contributed by atoms with van der Waals surface area (Å²) in [6, 6.07) is 21.8. The zero-order valence-electron chi connectivity index (χ0n) is 21.7. The molecule has 0 unspecified atom stereocenters. The largest absolute Gasteiger partial charge is 0.506 e. The van der Waals surface area contributed by atoms with Crippen molar-refractivity contribution in [2.24, 2.45) is 0 Å². The monoisotopic (exact) mass is 520 g/mol. The number of anilines is 1. The van der Waals surface area contributed by atoms with Gasteiger partial charge in [0.2, 0.25) is 5.95 Å². The number of aromatic nitrogens is 6. The summed E-state index contributed by atoms with van der Waals surface area (Å²) in [6.45, 7) is 3.50. The van der Waals surface area contributed by atoms with Crippen LogP contribution in [-0.4, -0.2) is 34.3 Å². The highest BCUT2D eigenvalue weighted by Gasteiger charge is 2.16. The Kier molecular flexibility index (Phi) is 6.32. The van der Waals surface area contributed by atoms with Crippen LogP contribution in [0, 0.1) is 6.92 Å². The average molecular weight is 521 g/mol. The molecule has 0 radical (unpaired) electrons. The van der Waals surface area contributed by atoms with Crippen molar-refractivity contribution in [3.63, 3.8) is 0 Å². The van der Waals surface area contributed by atoms with Crippen LogP contribution in [0.2, 0.25) is 0 Å². The van der Waals surface area contributed by atoms with E-state index >= 15 is 0 Å². The van der Waals surface area contributed by atoms with Crippen molar-refractivity contribution >= 4 is 28.0 Å². The lowest BCUT2D eigenvalue weighted by Crippen LogP contribution is -2.33. The fourth-order valence-corrected chi connectivity index (χ4v) is 5.04. The van der Waals surface area contributed by atoms with E-state index in [1.54, 1.807) is 12.1 Å². The highest BCUT2D eigenvalue weighted by Crippen LogP contribution is 2.24. The Bertz CT molecular complexity index is 1790. The Morgan fingerprint density at radius 1 is 0.846 bits per heavy atom. The van der Waals surface area contributed by atoms with Crippen LogP contribution in [0.15, 0.2) is 79.1 Å². The number of nitrogens with zero attached hydrogens (tertiary/aromatic N) is 6. The molecule has 6 aromatic rings. The molecule has 0 atom stereocenters. The quantitative estimate of drug-likeness (QED) is 0.260. The van der Waals surface area contributed by atoms with Crippen LogP contribution < -0.4 is 10.3 Å². The van der Waals surface area contributed by atoms with Crippen molar-refractivity contribution in [3.8, 4) is 11.8 Å². The molecule has 0 saturated heterocycles. The van der Waals surface area contributed by atoms with E-state index in [2.05, 4.69) is 33.2 Å². The van der Waals surface area contributed by atoms with E-state index in [9.17, 15) is 10.2 Å². The molecule has 9 nitrogen and oxygen atoms in total. The summed E-state index contributed by atoms with van der Waals surface area (Å²) in [5, 5.41) is 20.8. The second-order valence-electron chi connectivity index (χ2n) is 9.84. The van der Waals surface area contributed by atoms with Gasteiger partial charge in [0.15, 0.2) is 24.5 Å². The van der Waals surface area contributed by atoms with Crippen LogP contribution >= 0.6 is 0 Å². The van der Waals surface area contributed by atoms with Crippen molar-refractivity contribution in [1.82, 2.24) is 24.1 Å². The number of hydrogen-bond acceptors (Lipinski definition) is 6. The van der Waals surface area contributed by atoms with Gasteiger partial charge < -0.3 is 20.5 Å². The molecular formula is C30H30N7O2+. The standard InChI is InChI=1S/C30H29N7O2/c1-20-9-12-28(38)25(32-20)19-37-27-16-22(10-11-23(27)33-29(37)31)17-35-15-13-26-24(18-35)34-30(39)36(26)14-5-8-21-6-3-2-4-7-21/h2-4,6-7,9-13,15-16,18H,5,8,14,17,19H2,1H3,(H3-,31,33,34,38,39)/p+1. The molecule has 9 heteroatoms. The number of nitrogens with two attached hydrogens (primary N) is 1. The van der Waals surface area contributed by atoms with Crippen molar-refractivity contribution in [3.05, 3.63) is 102 Å². The summed E-state index contributed by atoms with van der Waals surface area (Å²) in [5.41, 5.74) is 13.2. The van der Waals surface area contributed by atoms with Crippen LogP contribution in [0.3, 0.4) is 0 Å². The normalized spacial score (nSPS) is 11.5. The van der Waals surface area contributed by atoms with Gasteiger partial charge >= 0.3 is 0 Å². The SMILES string of the molecule is Cc1ccc(O)c(Cn2c(N)nc3ccc(C[n+]4ccc5c(c4)nc(O)n5CCCc4ccccc4)cc32)n1. The molecule has 0 aliphatic carbocycles. The Labute approximate surface area is 225 Å². The molecule has 4 aromatic heterocycles. The molecule has 0 saturated carbocycles. The summed E-state index contributed by atoms with van der Waals surface area (Å²) in [6.07, 6.45) is 5.80. The molecule has 0 spiro atoms. The summed E-state index contributed by atoms with van der Waals surface area (Å²) in [5.74, 6) is 0.497. The van der Waals surface area contributed by atoms with Gasteiger partial charge in [0.05, 0.1) is 23.1 Å². The van der Waals surface area contributed by atoms with Crippen molar-refractivity contribution in [2.75, 3.05) is 5.73 Å². The van der Waals surface area contributed by atoms with Gasteiger partial charge in [-0.25, -0.2) is 4.98 Å². The van der Waals surface area contributed by atoms with E-state index in [4.69, 9.17) is 5.73 Å². The third-order valence-corrected chi connectivity index (χ3v) is 7.02. The van der Waals surface area contributed by atoms with Crippen LogP contribution in [0.4, 0.5) is 5.95 Å². The van der Waals surface area contributed by atoms with Crippen LogP contribution in [0.1, 0.15) is 28.9 Å². The lowest BCUT2D eigenvalue weighted by Gasteiger charge is -2.09. The molecule has 4 N–H and O–H groups in total. The molecule has 0 fully saturated rings. The molecule has 2 aromatic carbocycles. The maximum atomic E-state index is 10.5. The fraction of sp³-hybridized carbons (Fsp3) is 0.200. The van der Waals surface area contributed by atoms with Gasteiger partial charge in [-0.1, -0.05) is 36.4 Å². The molecule has 0 aliphatic heterocycles. The van der Waals surface area contributed by atoms with Crippen molar-refractivity contribution < 1.29 is 14.8 Å². The van der Waals surface area contributed by atoms with Gasteiger partial charge in [-0.05, 0) is 49.6 Å². The second kappa shape index (κ2) is 10.1. The number of rotatable bonds is 8. The zero-order chi connectivity index (χ0) is 26.9. The number of imidazole rings is 2. The second-order valence-corrected chi connectivity index (χ2v) is 9.84. The molecule has 39 heavy (non-hydrogen) atoms. The lowest BCUT2D eigenvalue weighted by molar-refractivity contribution is -0.687. The molecule has 196 valence electrons. The van der Waals surface area contributed by atoms with Gasteiger partial charge in [0.1, 0.15) is 11.4 Å². The maximum Gasteiger partial charge on any atom is 0.295 e. The first-order valence-corrected chi connectivity index (χ1v) is 13.0. The topological polar surface area (TPSA) is 119 Å². The van der Waals surface area contributed by atoms with Gasteiger partial charge in [-0.3, -0.25) is 9.55 Å². The predicted molar refractivity (Wildman–Crippen MR) is 149 cm³/mol. The zero-order valence-corrected chi connectivity index (χ0v) is 21.7. The van der Waals surface area contributed by atoms with E-state index in [0.717, 1.165) is 46.2 Å². The lowest BCUT2D eigenvalue weighted by atomic mass is 10.1. The number of aromatic hydroxyl groups is 2. The van der Waals surface area contributed by atoms with E-state index in [1.165, 1.54) is 5.56 Å². The number of hydrogen-bond donors (Lipinski definition) is 3. The summed E-state index contributed by atoms with van der Waals surface area (Å²) in [4.78, 5) is 13.4. The average Bonchev–Trinajstić information content (AvgIpc) is 3.41. The number of nitrogen functional groups attached to an aromatic ring is 1. The number of benzene rings is 2. The molecule has 4 heterocycles. The Morgan fingerprint density at radius 3 is 2.54 bits per heavy atom. The first-order chi connectivity index (χ1) is 18.9. The molecule has 6 rings (SSSR count). The summed E-state index contributed by atoms with van der Waals surface area (Å²) < 4.78 is 5.77. The number of pyridine rings is 2. The molecule has 0 aliphatic rings. The van der Waals surface area contributed by atoms with Crippen molar-refractivity contribution in [2.45, 2.75) is 39.4 Å². The van der Waals surface area contributed by atoms with Crippen LogP contribution in [0.25, 0.3) is 22.1 Å². The highest BCUT2D eigenvalue weighted by molar-refractivity contribution is 5.79. The van der Waals surface area contributed by atoms with Crippen molar-refractivity contribution in [1.29, 1.82) is 0 Å². The van der Waals surface area contributed by atoms with E-state index in [-0.39, 0.29) is 11.8 Å². The molecular weight excluding hydrogens is 490 g/mol. The van der Waals surface area contributed by atoms with Gasteiger partial charge in [-0.15, -0.1) is 0 Å².